The van der Waals surface area contributed by atoms with Gasteiger partial charge in [0.2, 0.25) is 15.9 Å². The standard InChI is InChI=1S/C30H51N4O7PSSi/c1-28(2,3)15-16-34-25(29(4,5)6)24(35)23(27(34)36)26-31-21-14-13-20(33-43(10,38)39)19-22(21)42(37,32-26)40-17-18-41-44(11,12)30(7,8)9/h13-14,19,33,35-36H,15-18H2,1-12H3,(H,31,32,37). The van der Waals surface area contributed by atoms with Crippen molar-refractivity contribution in [1.29, 1.82) is 0 Å². The van der Waals surface area contributed by atoms with E-state index in [9.17, 15) is 23.2 Å². The summed E-state index contributed by atoms with van der Waals surface area (Å²) in [6.45, 7) is 23.3. The van der Waals surface area contributed by atoms with Gasteiger partial charge in [-0.1, -0.05) is 62.3 Å². The van der Waals surface area contributed by atoms with E-state index in [2.05, 4.69) is 69.4 Å². The fraction of sp³-hybridized carbons (Fsp3) is 0.633. The minimum absolute atomic E-state index is 0.00928. The van der Waals surface area contributed by atoms with Gasteiger partial charge in [0.05, 0.1) is 36.2 Å². The number of amidine groups is 1. The first-order valence-electron chi connectivity index (χ1n) is 14.8. The van der Waals surface area contributed by atoms with E-state index in [1.165, 1.54) is 12.1 Å². The van der Waals surface area contributed by atoms with Gasteiger partial charge in [-0.2, -0.15) is 4.76 Å². The second kappa shape index (κ2) is 12.1. The highest BCUT2D eigenvalue weighted by Crippen LogP contribution is 2.54. The summed E-state index contributed by atoms with van der Waals surface area (Å²) < 4.78 is 59.3. The Morgan fingerprint density at radius 1 is 1.05 bits per heavy atom. The summed E-state index contributed by atoms with van der Waals surface area (Å²) in [5.41, 5.74) is 0.515. The first-order valence-corrected chi connectivity index (χ1v) is 21.2. The number of nitrogens with one attached hydrogen (secondary N) is 2. The first-order chi connectivity index (χ1) is 19.8. The average Bonchev–Trinajstić information content (AvgIpc) is 3.08. The zero-order valence-electron chi connectivity index (χ0n) is 28.2. The van der Waals surface area contributed by atoms with Crippen LogP contribution in [0.5, 0.6) is 11.6 Å². The molecule has 1 atom stereocenters. The maximum atomic E-state index is 14.6. The average molecular weight is 671 g/mol. The Morgan fingerprint density at radius 3 is 2.18 bits per heavy atom. The van der Waals surface area contributed by atoms with E-state index in [4.69, 9.17) is 8.95 Å². The number of anilines is 2. The minimum atomic E-state index is -4.07. The summed E-state index contributed by atoms with van der Waals surface area (Å²) in [4.78, 5) is 0. The zero-order valence-corrected chi connectivity index (χ0v) is 31.0. The smallest absolute Gasteiger partial charge is 0.348 e. The van der Waals surface area contributed by atoms with E-state index in [1.807, 2.05) is 20.8 Å². The molecule has 0 amide bonds. The molecule has 1 aliphatic heterocycles. The maximum absolute atomic E-state index is 14.6. The molecule has 44 heavy (non-hydrogen) atoms. The van der Waals surface area contributed by atoms with Crippen molar-refractivity contribution >= 4 is 48.4 Å². The second-order valence-corrected chi connectivity index (χ2v) is 23.8. The third-order valence-corrected chi connectivity index (χ3v) is 15.1. The minimum Gasteiger partial charge on any atom is -0.505 e. The zero-order chi connectivity index (χ0) is 33.7. The van der Waals surface area contributed by atoms with Crippen LogP contribution in [0.15, 0.2) is 23.0 Å². The van der Waals surface area contributed by atoms with E-state index in [0.29, 0.717) is 17.9 Å². The monoisotopic (exact) mass is 670 g/mol. The van der Waals surface area contributed by atoms with Gasteiger partial charge < -0.3 is 29.0 Å². The van der Waals surface area contributed by atoms with Gasteiger partial charge in [0.1, 0.15) is 5.56 Å². The number of hydrogen-bond donors (Lipinski definition) is 4. The molecule has 0 aliphatic carbocycles. The van der Waals surface area contributed by atoms with Gasteiger partial charge in [0.15, 0.2) is 19.9 Å². The lowest BCUT2D eigenvalue weighted by atomic mass is 9.89. The third kappa shape index (κ3) is 8.28. The predicted octanol–water partition coefficient (Wildman–Crippen LogP) is 6.73. The summed E-state index contributed by atoms with van der Waals surface area (Å²) in [6, 6.07) is 4.51. The highest BCUT2D eigenvalue weighted by atomic mass is 32.2. The van der Waals surface area contributed by atoms with E-state index in [0.717, 1.165) is 12.7 Å². The number of hydrogen-bond acceptors (Lipinski definition) is 8. The fourth-order valence-electron chi connectivity index (χ4n) is 4.61. The fourth-order valence-corrected chi connectivity index (χ4v) is 7.97. The van der Waals surface area contributed by atoms with Crippen LogP contribution >= 0.6 is 7.52 Å². The Morgan fingerprint density at radius 2 is 1.66 bits per heavy atom. The maximum Gasteiger partial charge on any atom is 0.348 e. The van der Waals surface area contributed by atoms with Crippen LogP contribution in [-0.4, -0.2) is 56.8 Å². The Bertz CT molecular complexity index is 1580. The molecule has 0 radical (unpaired) electrons. The van der Waals surface area contributed by atoms with Crippen LogP contribution in [0.4, 0.5) is 11.4 Å². The molecule has 0 saturated carbocycles. The molecular weight excluding hydrogens is 619 g/mol. The molecule has 1 aliphatic rings. The van der Waals surface area contributed by atoms with Crippen LogP contribution in [0, 0.1) is 5.41 Å². The van der Waals surface area contributed by atoms with Crippen LogP contribution in [0.1, 0.15) is 80.0 Å². The molecule has 4 N–H and O–H groups in total. The predicted molar refractivity (Wildman–Crippen MR) is 182 cm³/mol. The molecule has 248 valence electrons. The lowest BCUT2D eigenvalue weighted by Crippen LogP contribution is -2.41. The van der Waals surface area contributed by atoms with Gasteiger partial charge >= 0.3 is 7.52 Å². The molecule has 0 saturated heterocycles. The Balaban J connectivity index is 2.13. The number of aromatic hydroxyl groups is 2. The lowest BCUT2D eigenvalue weighted by molar-refractivity contribution is 0.207. The molecular formula is C30H51N4O7PSSi. The molecule has 0 bridgehead atoms. The molecule has 11 nitrogen and oxygen atoms in total. The number of fused-ring (bicyclic) bond motifs is 1. The van der Waals surface area contributed by atoms with E-state index >= 15 is 0 Å². The number of sulfonamides is 1. The number of aromatic nitrogens is 1. The topological polar surface area (TPSA) is 151 Å². The van der Waals surface area contributed by atoms with Crippen molar-refractivity contribution in [1.82, 2.24) is 4.57 Å². The van der Waals surface area contributed by atoms with Gasteiger partial charge in [-0.15, -0.1) is 0 Å². The van der Waals surface area contributed by atoms with Crippen molar-refractivity contribution in [3.8, 4) is 11.6 Å². The van der Waals surface area contributed by atoms with Crippen LogP contribution in [0.2, 0.25) is 18.1 Å². The second-order valence-electron chi connectivity index (χ2n) is 15.3. The normalized spacial score (nSPS) is 18.0. The van der Waals surface area contributed by atoms with Crippen molar-refractivity contribution < 1.29 is 32.1 Å². The molecule has 1 unspecified atom stereocenters. The highest BCUT2D eigenvalue weighted by molar-refractivity contribution is 7.92. The first kappa shape index (κ1) is 36.2. The van der Waals surface area contributed by atoms with E-state index in [-0.39, 0.29) is 57.7 Å². The SMILES string of the molecule is CC(C)(C)CCn1c(O)c(C2=NP(=O)(OCCO[Si](C)(C)C(C)(C)C)c3cc(NS(C)(=O)=O)ccc3N2)c(O)c1C(C)(C)C. The Kier molecular flexibility index (Phi) is 9.97. The van der Waals surface area contributed by atoms with E-state index < -0.39 is 31.3 Å². The molecule has 1 aromatic carbocycles. The van der Waals surface area contributed by atoms with Gasteiger partial charge in [-0.25, -0.2) is 8.42 Å². The van der Waals surface area contributed by atoms with Crippen molar-refractivity contribution in [3.05, 3.63) is 29.5 Å². The summed E-state index contributed by atoms with van der Waals surface area (Å²) in [5.74, 6) is -0.374. The van der Waals surface area contributed by atoms with Gasteiger partial charge in [0, 0.05) is 17.6 Å². The molecule has 2 heterocycles. The van der Waals surface area contributed by atoms with Gasteiger partial charge in [-0.05, 0) is 48.2 Å². The summed E-state index contributed by atoms with van der Waals surface area (Å²) in [6.07, 6.45) is 1.75. The van der Waals surface area contributed by atoms with Crippen molar-refractivity contribution in [2.75, 3.05) is 29.5 Å². The van der Waals surface area contributed by atoms with Gasteiger partial charge in [-0.3, -0.25) is 9.29 Å². The van der Waals surface area contributed by atoms with E-state index in [1.54, 1.807) is 10.6 Å². The number of benzene rings is 1. The molecule has 2 aromatic rings. The summed E-state index contributed by atoms with van der Waals surface area (Å²) in [5, 5.41) is 26.3. The summed E-state index contributed by atoms with van der Waals surface area (Å²) >= 11 is 0. The number of rotatable bonds is 10. The molecule has 3 rings (SSSR count). The third-order valence-electron chi connectivity index (χ3n) is 7.95. The Labute approximate surface area is 264 Å². The van der Waals surface area contributed by atoms with Crippen LogP contribution in [0.25, 0.3) is 0 Å². The van der Waals surface area contributed by atoms with Crippen molar-refractivity contribution in [2.24, 2.45) is 10.2 Å². The van der Waals surface area contributed by atoms with Gasteiger partial charge in [0.25, 0.3) is 0 Å². The highest BCUT2D eigenvalue weighted by Gasteiger charge is 2.40. The lowest BCUT2D eigenvalue weighted by Gasteiger charge is -2.36. The molecule has 0 fully saturated rings. The Hall–Kier alpha value is -2.31. The van der Waals surface area contributed by atoms with Crippen molar-refractivity contribution in [2.45, 2.75) is 98.8 Å². The van der Waals surface area contributed by atoms with Crippen LogP contribution in [0.3, 0.4) is 0 Å². The van der Waals surface area contributed by atoms with Crippen molar-refractivity contribution in [3.63, 3.8) is 0 Å². The van der Waals surface area contributed by atoms with Crippen LogP contribution < -0.4 is 15.3 Å². The quantitative estimate of drug-likeness (QED) is 0.123. The summed E-state index contributed by atoms with van der Waals surface area (Å²) in [7, 11) is -9.80. The van der Waals surface area contributed by atoms with Crippen LogP contribution in [-0.2, 0) is 35.5 Å². The number of nitrogens with zero attached hydrogens (tertiary/aromatic N) is 2. The molecule has 14 heteroatoms. The molecule has 1 aromatic heterocycles. The molecule has 0 spiro atoms. The largest absolute Gasteiger partial charge is 0.505 e.